The smallest absolute Gasteiger partial charge is 0.182 e. The molecule has 0 unspecified atom stereocenters. The molecule has 120 valence electrons. The third kappa shape index (κ3) is 3.01. The van der Waals surface area contributed by atoms with E-state index in [0.717, 1.165) is 10.9 Å². The highest BCUT2D eigenvalue weighted by Crippen LogP contribution is 2.31. The van der Waals surface area contributed by atoms with Gasteiger partial charge in [0.15, 0.2) is 9.84 Å². The van der Waals surface area contributed by atoms with Crippen molar-refractivity contribution in [3.05, 3.63) is 76.3 Å². The Morgan fingerprint density at radius 2 is 1.67 bits per heavy atom. The van der Waals surface area contributed by atoms with Crippen LogP contribution in [0.5, 0.6) is 0 Å². The minimum atomic E-state index is -3.50. The SMILES string of the molecule is Cc1ccc(S(=O)(=O)Cc2cc(Cl)c(C#N)c3ccccc23)cc1. The molecule has 0 saturated heterocycles. The van der Waals surface area contributed by atoms with Crippen LogP contribution in [0.4, 0.5) is 0 Å². The van der Waals surface area contributed by atoms with Crippen molar-refractivity contribution in [2.75, 3.05) is 0 Å². The second kappa shape index (κ2) is 6.27. The maximum atomic E-state index is 12.7. The largest absolute Gasteiger partial charge is 0.223 e. The summed E-state index contributed by atoms with van der Waals surface area (Å²) in [6.07, 6.45) is 0. The molecule has 0 fully saturated rings. The molecule has 0 heterocycles. The van der Waals surface area contributed by atoms with Crippen LogP contribution < -0.4 is 0 Å². The summed E-state index contributed by atoms with van der Waals surface area (Å²) in [5.41, 5.74) is 1.96. The van der Waals surface area contributed by atoms with Gasteiger partial charge in [-0.15, -0.1) is 0 Å². The number of rotatable bonds is 3. The van der Waals surface area contributed by atoms with E-state index in [9.17, 15) is 13.7 Å². The lowest BCUT2D eigenvalue weighted by atomic mass is 10.0. The number of sulfone groups is 1. The van der Waals surface area contributed by atoms with Crippen LogP contribution in [0.1, 0.15) is 16.7 Å². The molecule has 0 amide bonds. The van der Waals surface area contributed by atoms with Crippen molar-refractivity contribution < 1.29 is 8.42 Å². The molecule has 0 spiro atoms. The summed E-state index contributed by atoms with van der Waals surface area (Å²) in [7, 11) is -3.50. The van der Waals surface area contributed by atoms with E-state index in [-0.39, 0.29) is 15.7 Å². The van der Waals surface area contributed by atoms with Crippen LogP contribution in [-0.4, -0.2) is 8.42 Å². The summed E-state index contributed by atoms with van der Waals surface area (Å²) in [6.45, 7) is 1.91. The van der Waals surface area contributed by atoms with Crippen molar-refractivity contribution in [2.24, 2.45) is 0 Å². The van der Waals surface area contributed by atoms with Gasteiger partial charge in [0.2, 0.25) is 0 Å². The molecule has 0 N–H and O–H groups in total. The molecule has 3 aromatic carbocycles. The lowest BCUT2D eigenvalue weighted by molar-refractivity contribution is 0.595. The van der Waals surface area contributed by atoms with Crippen LogP contribution in [0.25, 0.3) is 10.8 Å². The lowest BCUT2D eigenvalue weighted by Gasteiger charge is -2.11. The number of hydrogen-bond donors (Lipinski definition) is 0. The standard InChI is InChI=1S/C19H14ClNO2S/c1-13-6-8-15(9-7-13)24(22,23)12-14-10-19(20)18(11-21)17-5-3-2-4-16(14)17/h2-10H,12H2,1H3. The van der Waals surface area contributed by atoms with Crippen LogP contribution in [0, 0.1) is 18.3 Å². The highest BCUT2D eigenvalue weighted by atomic mass is 35.5. The van der Waals surface area contributed by atoms with E-state index in [4.69, 9.17) is 11.6 Å². The molecular formula is C19H14ClNO2S. The van der Waals surface area contributed by atoms with Crippen molar-refractivity contribution in [1.29, 1.82) is 5.26 Å². The molecule has 0 aliphatic rings. The molecule has 3 rings (SSSR count). The van der Waals surface area contributed by atoms with Gasteiger partial charge < -0.3 is 0 Å². The summed E-state index contributed by atoms with van der Waals surface area (Å²) in [5, 5.41) is 11.0. The van der Waals surface area contributed by atoms with Crippen molar-refractivity contribution >= 4 is 32.2 Å². The third-order valence-electron chi connectivity index (χ3n) is 3.92. The average Bonchev–Trinajstić information content (AvgIpc) is 2.55. The second-order valence-electron chi connectivity index (χ2n) is 5.62. The topological polar surface area (TPSA) is 57.9 Å². The molecule has 0 saturated carbocycles. The van der Waals surface area contributed by atoms with Crippen LogP contribution in [-0.2, 0) is 15.6 Å². The zero-order valence-electron chi connectivity index (χ0n) is 13.0. The Labute approximate surface area is 146 Å². The predicted octanol–water partition coefficient (Wildman–Crippen LogP) is 4.65. The molecule has 3 aromatic rings. The van der Waals surface area contributed by atoms with Crippen LogP contribution in [0.2, 0.25) is 5.02 Å². The summed E-state index contributed by atoms with van der Waals surface area (Å²) in [5.74, 6) is -0.165. The summed E-state index contributed by atoms with van der Waals surface area (Å²) < 4.78 is 25.4. The Balaban J connectivity index is 2.14. The van der Waals surface area contributed by atoms with Crippen LogP contribution in [0.3, 0.4) is 0 Å². The number of hydrogen-bond acceptors (Lipinski definition) is 3. The van der Waals surface area contributed by atoms with E-state index >= 15 is 0 Å². The Hall–Kier alpha value is -2.35. The highest BCUT2D eigenvalue weighted by molar-refractivity contribution is 7.90. The monoisotopic (exact) mass is 355 g/mol. The average molecular weight is 356 g/mol. The van der Waals surface area contributed by atoms with E-state index in [1.54, 1.807) is 42.5 Å². The van der Waals surface area contributed by atoms with E-state index < -0.39 is 9.84 Å². The number of halogens is 1. The maximum absolute atomic E-state index is 12.7. The number of nitriles is 1. The van der Waals surface area contributed by atoms with Gasteiger partial charge in [-0.2, -0.15) is 5.26 Å². The van der Waals surface area contributed by atoms with E-state index in [0.29, 0.717) is 16.5 Å². The first-order valence-electron chi connectivity index (χ1n) is 7.32. The van der Waals surface area contributed by atoms with Crippen molar-refractivity contribution in [1.82, 2.24) is 0 Å². The first kappa shape index (κ1) is 16.5. The molecule has 0 atom stereocenters. The highest BCUT2D eigenvalue weighted by Gasteiger charge is 2.19. The summed E-state index contributed by atoms with van der Waals surface area (Å²) in [4.78, 5) is 0.276. The molecule has 0 aliphatic carbocycles. The Morgan fingerprint density at radius 3 is 2.29 bits per heavy atom. The molecular weight excluding hydrogens is 342 g/mol. The van der Waals surface area contributed by atoms with Gasteiger partial charge in [0.25, 0.3) is 0 Å². The molecule has 24 heavy (non-hydrogen) atoms. The predicted molar refractivity (Wildman–Crippen MR) is 95.7 cm³/mol. The molecule has 3 nitrogen and oxygen atoms in total. The zero-order chi connectivity index (χ0) is 17.3. The number of fused-ring (bicyclic) bond motifs is 1. The zero-order valence-corrected chi connectivity index (χ0v) is 14.5. The molecule has 5 heteroatoms. The Bertz CT molecular complexity index is 1060. The van der Waals surface area contributed by atoms with Gasteiger partial charge in [0, 0.05) is 5.39 Å². The molecule has 0 aliphatic heterocycles. The van der Waals surface area contributed by atoms with Crippen molar-refractivity contribution in [3.63, 3.8) is 0 Å². The van der Waals surface area contributed by atoms with Gasteiger partial charge in [0.1, 0.15) is 6.07 Å². The fraction of sp³-hybridized carbons (Fsp3) is 0.105. The number of benzene rings is 3. The normalized spacial score (nSPS) is 11.4. The maximum Gasteiger partial charge on any atom is 0.182 e. The fourth-order valence-electron chi connectivity index (χ4n) is 2.68. The van der Waals surface area contributed by atoms with Crippen LogP contribution in [0.15, 0.2) is 59.5 Å². The molecule has 0 aromatic heterocycles. The fourth-order valence-corrected chi connectivity index (χ4v) is 4.32. The summed E-state index contributed by atoms with van der Waals surface area (Å²) in [6, 6.07) is 17.6. The Kier molecular flexibility index (Phi) is 4.31. The number of nitrogens with zero attached hydrogens (tertiary/aromatic N) is 1. The van der Waals surface area contributed by atoms with Gasteiger partial charge in [-0.05, 0) is 36.1 Å². The van der Waals surface area contributed by atoms with Gasteiger partial charge in [0.05, 0.1) is 21.2 Å². The van der Waals surface area contributed by atoms with E-state index in [2.05, 4.69) is 6.07 Å². The quantitative estimate of drug-likeness (QED) is 0.687. The van der Waals surface area contributed by atoms with E-state index in [1.165, 1.54) is 0 Å². The second-order valence-corrected chi connectivity index (χ2v) is 8.02. The molecule has 0 radical (unpaired) electrons. The minimum Gasteiger partial charge on any atom is -0.223 e. The summed E-state index contributed by atoms with van der Waals surface area (Å²) >= 11 is 6.19. The van der Waals surface area contributed by atoms with Gasteiger partial charge >= 0.3 is 0 Å². The van der Waals surface area contributed by atoms with Gasteiger partial charge in [-0.1, -0.05) is 53.6 Å². The minimum absolute atomic E-state index is 0.165. The van der Waals surface area contributed by atoms with Crippen molar-refractivity contribution in [3.8, 4) is 6.07 Å². The lowest BCUT2D eigenvalue weighted by Crippen LogP contribution is -2.06. The first-order chi connectivity index (χ1) is 11.4. The van der Waals surface area contributed by atoms with Gasteiger partial charge in [-0.3, -0.25) is 0 Å². The Morgan fingerprint density at radius 1 is 1.04 bits per heavy atom. The third-order valence-corrected chi connectivity index (χ3v) is 5.90. The number of aryl methyl sites for hydroxylation is 1. The van der Waals surface area contributed by atoms with E-state index in [1.807, 2.05) is 19.1 Å². The molecule has 0 bridgehead atoms. The van der Waals surface area contributed by atoms with Crippen LogP contribution >= 0.6 is 11.6 Å². The van der Waals surface area contributed by atoms with Gasteiger partial charge in [-0.25, -0.2) is 8.42 Å². The first-order valence-corrected chi connectivity index (χ1v) is 9.35. The van der Waals surface area contributed by atoms with Crippen molar-refractivity contribution in [2.45, 2.75) is 17.6 Å².